The first-order valence-electron chi connectivity index (χ1n) is 7.15. The van der Waals surface area contributed by atoms with Gasteiger partial charge in [-0.3, -0.25) is 9.59 Å². The van der Waals surface area contributed by atoms with Crippen molar-refractivity contribution >= 4 is 34.7 Å². The van der Waals surface area contributed by atoms with Crippen LogP contribution in [0, 0.1) is 5.92 Å². The Morgan fingerprint density at radius 3 is 2.74 bits per heavy atom. The maximum Gasteiger partial charge on any atom is 0.352 e. The molecule has 2 aliphatic rings. The van der Waals surface area contributed by atoms with E-state index in [-0.39, 0.29) is 23.6 Å². The number of carbonyl (C=O) groups excluding carboxylic acids is 2. The number of aliphatic carboxylic acids is 1. The van der Waals surface area contributed by atoms with Gasteiger partial charge >= 0.3 is 5.97 Å². The molecule has 122 valence electrons. The zero-order valence-corrected chi connectivity index (χ0v) is 13.4. The summed E-state index contributed by atoms with van der Waals surface area (Å²) in [5.41, 5.74) is 1.13. The normalized spacial score (nSPS) is 24.3. The van der Waals surface area contributed by atoms with E-state index in [0.717, 1.165) is 0 Å². The Labute approximate surface area is 136 Å². The van der Waals surface area contributed by atoms with Crippen molar-refractivity contribution < 1.29 is 24.6 Å². The summed E-state index contributed by atoms with van der Waals surface area (Å²) in [6.07, 6.45) is -0.450. The first kappa shape index (κ1) is 15.7. The van der Waals surface area contributed by atoms with Crippen molar-refractivity contribution in [3.8, 4) is 0 Å². The number of amides is 2. The molecule has 3 rings (SSSR count). The number of fused-ring (bicyclic) bond motifs is 1. The van der Waals surface area contributed by atoms with Crippen LogP contribution in [0.5, 0.6) is 0 Å². The lowest BCUT2D eigenvalue weighted by atomic mass is 9.82. The van der Waals surface area contributed by atoms with Gasteiger partial charge in [0.1, 0.15) is 5.70 Å². The second kappa shape index (κ2) is 5.47. The van der Waals surface area contributed by atoms with Crippen LogP contribution in [0.4, 0.5) is 0 Å². The largest absolute Gasteiger partial charge is 0.477 e. The zero-order valence-electron chi connectivity index (χ0n) is 12.6. The molecule has 0 saturated carbocycles. The number of hydrogen-bond acceptors (Lipinski definition) is 5. The van der Waals surface area contributed by atoms with Gasteiger partial charge in [-0.05, 0) is 35.9 Å². The van der Waals surface area contributed by atoms with Crippen LogP contribution in [0.1, 0.15) is 28.6 Å². The van der Waals surface area contributed by atoms with Crippen molar-refractivity contribution in [1.82, 2.24) is 10.2 Å². The van der Waals surface area contributed by atoms with Gasteiger partial charge in [0.2, 0.25) is 5.91 Å². The van der Waals surface area contributed by atoms with Crippen LogP contribution in [0.3, 0.4) is 0 Å². The molecule has 3 heterocycles. The lowest BCUT2D eigenvalue weighted by molar-refractivity contribution is -0.161. The number of rotatable bonds is 4. The van der Waals surface area contributed by atoms with Crippen LogP contribution in [0.15, 0.2) is 17.1 Å². The molecule has 2 amide bonds. The summed E-state index contributed by atoms with van der Waals surface area (Å²) in [6.45, 7) is 1.53. The number of aliphatic hydroxyl groups is 1. The summed E-state index contributed by atoms with van der Waals surface area (Å²) in [4.78, 5) is 37.1. The molecular weight excluding hydrogens is 320 g/mol. The number of thiophene rings is 1. The molecule has 0 spiro atoms. The molecule has 8 heteroatoms. The van der Waals surface area contributed by atoms with Gasteiger partial charge in [0.05, 0.1) is 22.9 Å². The summed E-state index contributed by atoms with van der Waals surface area (Å²) >= 11 is 1.22. The van der Waals surface area contributed by atoms with Crippen LogP contribution < -0.4 is 5.32 Å². The third-order valence-electron chi connectivity index (χ3n) is 4.33. The topological polar surface area (TPSA) is 107 Å². The Balaban J connectivity index is 1.98. The standard InChI is InChI=1S/C15H16N2O5S/c1-6(18)11-9-4-8(12(15(21)22)17(9)14(11)20)7-3-10(23-5-7)13(19)16-2/h3,5-6,9,11,18H,4H2,1-2H3,(H,16,19)(H,21,22)/t6-,9?,11?/m1/s1. The van der Waals surface area contributed by atoms with Gasteiger partial charge < -0.3 is 20.4 Å². The Morgan fingerprint density at radius 1 is 1.48 bits per heavy atom. The summed E-state index contributed by atoms with van der Waals surface area (Å²) in [6, 6.07) is 1.31. The SMILES string of the molecule is CNC(=O)c1cc(C2=C(C(=O)O)N3C(=O)C([C@@H](C)O)C3C2)cs1. The van der Waals surface area contributed by atoms with E-state index in [4.69, 9.17) is 0 Å². The minimum Gasteiger partial charge on any atom is -0.477 e. The number of carbonyl (C=O) groups is 3. The van der Waals surface area contributed by atoms with E-state index in [2.05, 4.69) is 5.32 Å². The molecule has 0 bridgehead atoms. The molecule has 23 heavy (non-hydrogen) atoms. The Hall–Kier alpha value is -2.19. The molecule has 7 nitrogen and oxygen atoms in total. The molecule has 2 aliphatic heterocycles. The van der Waals surface area contributed by atoms with Crippen LogP contribution in [0.2, 0.25) is 0 Å². The van der Waals surface area contributed by atoms with Crippen molar-refractivity contribution in [2.75, 3.05) is 7.05 Å². The molecule has 3 atom stereocenters. The predicted octanol–water partition coefficient (Wildman–Crippen LogP) is 0.515. The van der Waals surface area contributed by atoms with Crippen LogP contribution in [-0.4, -0.2) is 52.1 Å². The molecule has 3 N–H and O–H groups in total. The first-order valence-corrected chi connectivity index (χ1v) is 8.03. The van der Waals surface area contributed by atoms with E-state index in [1.165, 1.54) is 30.2 Å². The summed E-state index contributed by atoms with van der Waals surface area (Å²) in [5.74, 6) is -2.34. The lowest BCUT2D eigenvalue weighted by Crippen LogP contribution is -2.61. The minimum absolute atomic E-state index is 0.0434. The van der Waals surface area contributed by atoms with Gasteiger partial charge in [0, 0.05) is 7.05 Å². The third-order valence-corrected chi connectivity index (χ3v) is 5.26. The lowest BCUT2D eigenvalue weighted by Gasteiger charge is -2.44. The highest BCUT2D eigenvalue weighted by Gasteiger charge is 2.56. The third kappa shape index (κ3) is 2.25. The van der Waals surface area contributed by atoms with Gasteiger partial charge in [-0.1, -0.05) is 0 Å². The van der Waals surface area contributed by atoms with E-state index in [0.29, 0.717) is 22.4 Å². The van der Waals surface area contributed by atoms with Crippen LogP contribution in [0.25, 0.3) is 5.57 Å². The smallest absolute Gasteiger partial charge is 0.352 e. The van der Waals surface area contributed by atoms with Gasteiger partial charge in [-0.25, -0.2) is 4.79 Å². The van der Waals surface area contributed by atoms with Crippen molar-refractivity contribution in [1.29, 1.82) is 0 Å². The number of aliphatic hydroxyl groups excluding tert-OH is 1. The predicted molar refractivity (Wildman–Crippen MR) is 82.7 cm³/mol. The monoisotopic (exact) mass is 336 g/mol. The van der Waals surface area contributed by atoms with Crippen molar-refractivity contribution in [3.63, 3.8) is 0 Å². The van der Waals surface area contributed by atoms with E-state index in [1.807, 2.05) is 0 Å². The highest BCUT2D eigenvalue weighted by atomic mass is 32.1. The average Bonchev–Trinajstić information content (AvgIpc) is 3.08. The number of hydrogen-bond donors (Lipinski definition) is 3. The Morgan fingerprint density at radius 2 is 2.17 bits per heavy atom. The molecule has 0 aromatic carbocycles. The van der Waals surface area contributed by atoms with E-state index < -0.39 is 18.0 Å². The molecule has 1 saturated heterocycles. The molecular formula is C15H16N2O5S. The molecule has 1 fully saturated rings. The van der Waals surface area contributed by atoms with Gasteiger partial charge in [0.25, 0.3) is 5.91 Å². The van der Waals surface area contributed by atoms with Gasteiger partial charge in [-0.2, -0.15) is 0 Å². The highest BCUT2D eigenvalue weighted by molar-refractivity contribution is 7.12. The maximum absolute atomic E-state index is 12.1. The fraction of sp³-hybridized carbons (Fsp3) is 0.400. The second-order valence-corrected chi connectivity index (χ2v) is 6.57. The summed E-state index contributed by atoms with van der Waals surface area (Å²) < 4.78 is 0. The molecule has 0 aliphatic carbocycles. The maximum atomic E-state index is 12.1. The Bertz CT molecular complexity index is 736. The molecule has 1 aromatic heterocycles. The fourth-order valence-electron chi connectivity index (χ4n) is 3.26. The first-order chi connectivity index (χ1) is 10.9. The molecule has 1 aromatic rings. The van der Waals surface area contributed by atoms with Crippen molar-refractivity contribution in [2.24, 2.45) is 5.92 Å². The highest BCUT2D eigenvalue weighted by Crippen LogP contribution is 2.47. The van der Waals surface area contributed by atoms with E-state index in [9.17, 15) is 24.6 Å². The van der Waals surface area contributed by atoms with E-state index >= 15 is 0 Å². The van der Waals surface area contributed by atoms with Crippen molar-refractivity contribution in [3.05, 3.63) is 27.6 Å². The van der Waals surface area contributed by atoms with Crippen LogP contribution >= 0.6 is 11.3 Å². The number of β-lactam (4-membered cyclic amide) rings is 1. The summed E-state index contributed by atoms with van der Waals surface area (Å²) in [5, 5.41) is 23.4. The second-order valence-electron chi connectivity index (χ2n) is 5.66. The van der Waals surface area contributed by atoms with E-state index in [1.54, 1.807) is 11.4 Å². The molecule has 0 radical (unpaired) electrons. The van der Waals surface area contributed by atoms with Crippen molar-refractivity contribution in [2.45, 2.75) is 25.5 Å². The Kier molecular flexibility index (Phi) is 3.73. The fourth-order valence-corrected chi connectivity index (χ4v) is 4.13. The zero-order chi connectivity index (χ0) is 16.9. The number of nitrogens with zero attached hydrogens (tertiary/aromatic N) is 1. The number of carboxylic acids is 1. The quantitative estimate of drug-likeness (QED) is 0.695. The van der Waals surface area contributed by atoms with Gasteiger partial charge in [0.15, 0.2) is 0 Å². The number of carboxylic acid groups (broad SMARTS) is 1. The number of nitrogens with one attached hydrogen (secondary N) is 1. The van der Waals surface area contributed by atoms with Gasteiger partial charge in [-0.15, -0.1) is 11.3 Å². The van der Waals surface area contributed by atoms with Crippen LogP contribution in [-0.2, 0) is 9.59 Å². The molecule has 2 unspecified atom stereocenters. The summed E-state index contributed by atoms with van der Waals surface area (Å²) in [7, 11) is 1.52. The minimum atomic E-state index is -1.17. The average molecular weight is 336 g/mol.